The number of benzene rings is 1. The third kappa shape index (κ3) is 3.84. The molecule has 2 saturated carbocycles. The lowest BCUT2D eigenvalue weighted by Gasteiger charge is -2.11. The summed E-state index contributed by atoms with van der Waals surface area (Å²) in [7, 11) is -3.67. The number of hydrogen-bond donors (Lipinski definition) is 1. The molecule has 0 amide bonds. The molecule has 2 aliphatic rings. The molecule has 0 spiro atoms. The summed E-state index contributed by atoms with van der Waals surface area (Å²) >= 11 is 0. The molecular formula is C23H25N5O2S. The topological polar surface area (TPSA) is 101 Å². The van der Waals surface area contributed by atoms with Crippen LogP contribution >= 0.6 is 0 Å². The fourth-order valence-corrected chi connectivity index (χ4v) is 5.23. The molecule has 2 heterocycles. The van der Waals surface area contributed by atoms with Gasteiger partial charge in [0.2, 0.25) is 10.0 Å². The number of sulfonamides is 1. The van der Waals surface area contributed by atoms with E-state index in [4.69, 9.17) is 0 Å². The van der Waals surface area contributed by atoms with Crippen molar-refractivity contribution in [2.24, 2.45) is 5.92 Å². The van der Waals surface area contributed by atoms with Crippen molar-refractivity contribution < 1.29 is 8.42 Å². The molecule has 1 aromatic carbocycles. The molecule has 5 rings (SSSR count). The van der Waals surface area contributed by atoms with Crippen LogP contribution in [0, 0.1) is 17.2 Å². The highest BCUT2D eigenvalue weighted by atomic mass is 32.2. The van der Waals surface area contributed by atoms with Crippen molar-refractivity contribution in [1.29, 1.82) is 5.26 Å². The Bertz CT molecular complexity index is 1290. The summed E-state index contributed by atoms with van der Waals surface area (Å²) in [5.74, 6) is 1.60. The van der Waals surface area contributed by atoms with Gasteiger partial charge in [0.05, 0.1) is 23.5 Å². The number of nitrogens with one attached hydrogen (secondary N) is 1. The molecule has 0 aliphatic heterocycles. The van der Waals surface area contributed by atoms with E-state index in [2.05, 4.69) is 37.5 Å². The second-order valence-corrected chi connectivity index (χ2v) is 10.7. The summed E-state index contributed by atoms with van der Waals surface area (Å²) < 4.78 is 29.6. The van der Waals surface area contributed by atoms with Gasteiger partial charge in [-0.15, -0.1) is 0 Å². The van der Waals surface area contributed by atoms with Crippen molar-refractivity contribution in [3.63, 3.8) is 0 Å². The van der Waals surface area contributed by atoms with E-state index < -0.39 is 10.0 Å². The first-order valence-electron chi connectivity index (χ1n) is 10.8. The molecule has 0 atom stereocenters. The van der Waals surface area contributed by atoms with Gasteiger partial charge in [0.15, 0.2) is 5.82 Å². The summed E-state index contributed by atoms with van der Waals surface area (Å²) in [6, 6.07) is 8.51. The van der Waals surface area contributed by atoms with Gasteiger partial charge in [-0.2, -0.15) is 5.26 Å². The van der Waals surface area contributed by atoms with Crippen LogP contribution in [0.3, 0.4) is 0 Å². The number of rotatable bonds is 7. The first-order valence-corrected chi connectivity index (χ1v) is 12.3. The molecule has 0 unspecified atom stereocenters. The maximum atomic E-state index is 12.4. The van der Waals surface area contributed by atoms with Crippen LogP contribution in [0.2, 0.25) is 0 Å². The quantitative estimate of drug-likeness (QED) is 0.606. The smallest absolute Gasteiger partial charge is 0.243 e. The molecule has 2 aromatic heterocycles. The van der Waals surface area contributed by atoms with Gasteiger partial charge in [-0.3, -0.25) is 0 Å². The number of fused-ring (bicyclic) bond motifs is 1. The minimum absolute atomic E-state index is 0.0179. The van der Waals surface area contributed by atoms with E-state index in [0.29, 0.717) is 28.9 Å². The molecule has 160 valence electrons. The average molecular weight is 436 g/mol. The van der Waals surface area contributed by atoms with Crippen LogP contribution in [0.25, 0.3) is 22.4 Å². The van der Waals surface area contributed by atoms with Crippen molar-refractivity contribution >= 4 is 20.9 Å². The van der Waals surface area contributed by atoms with Crippen LogP contribution in [-0.2, 0) is 16.6 Å². The Morgan fingerprint density at radius 3 is 2.48 bits per heavy atom. The zero-order valence-electron chi connectivity index (χ0n) is 17.7. The van der Waals surface area contributed by atoms with Crippen molar-refractivity contribution in [2.45, 2.75) is 62.9 Å². The van der Waals surface area contributed by atoms with Crippen molar-refractivity contribution in [3.8, 4) is 17.6 Å². The molecule has 31 heavy (non-hydrogen) atoms. The first kappa shape index (κ1) is 20.2. The second-order valence-electron chi connectivity index (χ2n) is 8.96. The normalized spacial score (nSPS) is 16.7. The summed E-state index contributed by atoms with van der Waals surface area (Å²) in [6.07, 6.45) is 7.45. The zero-order valence-corrected chi connectivity index (χ0v) is 18.5. The minimum atomic E-state index is -3.67. The molecule has 8 heteroatoms. The van der Waals surface area contributed by atoms with Crippen LogP contribution in [0.1, 0.15) is 56.6 Å². The third-order valence-corrected chi connectivity index (χ3v) is 7.54. The minimum Gasteiger partial charge on any atom is -0.336 e. The maximum absolute atomic E-state index is 12.4. The van der Waals surface area contributed by atoms with Crippen molar-refractivity contribution in [2.75, 3.05) is 0 Å². The van der Waals surface area contributed by atoms with Gasteiger partial charge in [-0.05, 0) is 63.0 Å². The number of nitriles is 1. The predicted molar refractivity (Wildman–Crippen MR) is 118 cm³/mol. The number of hydrogen-bond acceptors (Lipinski definition) is 5. The Morgan fingerprint density at radius 2 is 1.90 bits per heavy atom. The molecule has 0 radical (unpaired) electrons. The van der Waals surface area contributed by atoms with Gasteiger partial charge in [0.1, 0.15) is 16.7 Å². The van der Waals surface area contributed by atoms with Gasteiger partial charge >= 0.3 is 0 Å². The highest BCUT2D eigenvalue weighted by Crippen LogP contribution is 2.43. The lowest BCUT2D eigenvalue weighted by Crippen LogP contribution is -2.30. The number of aromatic nitrogens is 3. The SMILES string of the molecule is CC(C)NS(=O)(=O)c1cnc(-c2c(C#N)c3ccc(C4CC4)cc3n2CC2CC2)nc1. The number of nitrogens with zero attached hydrogens (tertiary/aromatic N) is 4. The molecule has 2 fully saturated rings. The second kappa shape index (κ2) is 7.43. The summed E-state index contributed by atoms with van der Waals surface area (Å²) in [5.41, 5.74) is 3.59. The van der Waals surface area contributed by atoms with Gasteiger partial charge < -0.3 is 4.57 Å². The highest BCUT2D eigenvalue weighted by molar-refractivity contribution is 7.89. The lowest BCUT2D eigenvalue weighted by atomic mass is 10.1. The monoisotopic (exact) mass is 435 g/mol. The fraction of sp³-hybridized carbons (Fsp3) is 0.435. The Balaban J connectivity index is 1.64. The van der Waals surface area contributed by atoms with Crippen LogP contribution < -0.4 is 4.72 Å². The summed E-state index contributed by atoms with van der Waals surface area (Å²) in [5, 5.41) is 10.9. The van der Waals surface area contributed by atoms with Crippen molar-refractivity contribution in [3.05, 3.63) is 41.7 Å². The Morgan fingerprint density at radius 1 is 1.19 bits per heavy atom. The Hall–Kier alpha value is -2.76. The van der Waals surface area contributed by atoms with Gasteiger partial charge in [-0.1, -0.05) is 12.1 Å². The van der Waals surface area contributed by atoms with E-state index >= 15 is 0 Å². The lowest BCUT2D eigenvalue weighted by molar-refractivity contribution is 0.569. The van der Waals surface area contributed by atoms with E-state index in [1.165, 1.54) is 43.6 Å². The summed E-state index contributed by atoms with van der Waals surface area (Å²) in [4.78, 5) is 8.78. The van der Waals surface area contributed by atoms with E-state index in [0.717, 1.165) is 17.4 Å². The molecule has 0 saturated heterocycles. The molecule has 7 nitrogen and oxygen atoms in total. The fourth-order valence-electron chi connectivity index (χ4n) is 4.09. The van der Waals surface area contributed by atoms with E-state index in [9.17, 15) is 13.7 Å². The highest BCUT2D eigenvalue weighted by Gasteiger charge is 2.29. The Kier molecular flexibility index (Phi) is 4.83. The third-order valence-electron chi connectivity index (χ3n) is 5.93. The molecule has 0 bridgehead atoms. The van der Waals surface area contributed by atoms with Crippen LogP contribution in [0.15, 0.2) is 35.5 Å². The zero-order chi connectivity index (χ0) is 21.8. The van der Waals surface area contributed by atoms with E-state index in [1.807, 2.05) is 6.07 Å². The van der Waals surface area contributed by atoms with E-state index in [1.54, 1.807) is 13.8 Å². The Labute approximate surface area is 182 Å². The van der Waals surface area contributed by atoms with Crippen molar-refractivity contribution in [1.82, 2.24) is 19.3 Å². The molecule has 2 aliphatic carbocycles. The average Bonchev–Trinajstić information content (AvgIpc) is 3.64. The predicted octanol–water partition coefficient (Wildman–Crippen LogP) is 3.94. The van der Waals surface area contributed by atoms with Crippen LogP contribution in [0.5, 0.6) is 0 Å². The molecule has 3 aromatic rings. The van der Waals surface area contributed by atoms with Gasteiger partial charge in [-0.25, -0.2) is 23.1 Å². The maximum Gasteiger partial charge on any atom is 0.243 e. The van der Waals surface area contributed by atoms with Gasteiger partial charge in [0.25, 0.3) is 0 Å². The molecule has 1 N–H and O–H groups in total. The van der Waals surface area contributed by atoms with Gasteiger partial charge in [0, 0.05) is 18.0 Å². The summed E-state index contributed by atoms with van der Waals surface area (Å²) in [6.45, 7) is 4.34. The van der Waals surface area contributed by atoms with Crippen LogP contribution in [-0.4, -0.2) is 29.0 Å². The van der Waals surface area contributed by atoms with Crippen LogP contribution in [0.4, 0.5) is 0 Å². The molecular weight excluding hydrogens is 410 g/mol. The largest absolute Gasteiger partial charge is 0.336 e. The first-order chi connectivity index (χ1) is 14.9. The standard InChI is InChI=1S/C23H25N5O2S/c1-14(2)27-31(29,30)18-11-25-23(26-12-18)22-20(10-24)19-8-7-17(16-5-6-16)9-21(19)28(22)13-15-3-4-15/h7-9,11-12,14-16,27H,3-6,13H2,1-2H3. The van der Waals surface area contributed by atoms with E-state index in [-0.39, 0.29) is 10.9 Å².